The van der Waals surface area contributed by atoms with Crippen molar-refractivity contribution in [2.45, 2.75) is 64.6 Å². The second kappa shape index (κ2) is 9.25. The highest BCUT2D eigenvalue weighted by atomic mass is 16.3. The Kier molecular flexibility index (Phi) is 6.16. The summed E-state index contributed by atoms with van der Waals surface area (Å²) in [6, 6.07) is 0.161. The number of aliphatic hydroxyl groups excluding tert-OH is 1. The minimum atomic E-state index is -0.249. The number of anilines is 1. The van der Waals surface area contributed by atoms with E-state index >= 15 is 0 Å². The van der Waals surface area contributed by atoms with E-state index in [1.807, 2.05) is 18.9 Å². The molecular weight excluding hydrogens is 432 g/mol. The van der Waals surface area contributed by atoms with Crippen molar-refractivity contribution in [3.8, 4) is 11.4 Å². The maximum absolute atomic E-state index is 13.1. The van der Waals surface area contributed by atoms with Crippen molar-refractivity contribution in [2.24, 2.45) is 5.92 Å². The second-order valence-corrected chi connectivity index (χ2v) is 9.41. The Morgan fingerprint density at radius 2 is 1.85 bits per heavy atom. The van der Waals surface area contributed by atoms with Gasteiger partial charge in [-0.1, -0.05) is 0 Å². The van der Waals surface area contributed by atoms with E-state index in [1.165, 1.54) is 0 Å². The lowest BCUT2D eigenvalue weighted by Gasteiger charge is -2.29. The van der Waals surface area contributed by atoms with Gasteiger partial charge in [0.2, 0.25) is 5.91 Å². The summed E-state index contributed by atoms with van der Waals surface area (Å²) < 4.78 is 2.06. The Bertz CT molecular complexity index is 1170. The van der Waals surface area contributed by atoms with Gasteiger partial charge >= 0.3 is 0 Å². The van der Waals surface area contributed by atoms with Crippen LogP contribution in [0.25, 0.3) is 22.6 Å². The van der Waals surface area contributed by atoms with Gasteiger partial charge < -0.3 is 19.5 Å². The highest BCUT2D eigenvalue weighted by molar-refractivity contribution is 5.87. The molecule has 4 heterocycles. The van der Waals surface area contributed by atoms with Crippen molar-refractivity contribution >= 4 is 22.9 Å². The molecule has 5 rings (SSSR count). The predicted molar refractivity (Wildman–Crippen MR) is 128 cm³/mol. The third-order valence-corrected chi connectivity index (χ3v) is 7.27. The molecule has 0 bridgehead atoms. The van der Waals surface area contributed by atoms with E-state index in [2.05, 4.69) is 36.3 Å². The molecule has 1 saturated carbocycles. The number of rotatable bonds is 5. The van der Waals surface area contributed by atoms with Crippen molar-refractivity contribution in [2.75, 3.05) is 25.0 Å². The molecule has 1 saturated heterocycles. The predicted octanol–water partition coefficient (Wildman–Crippen LogP) is 2.20. The summed E-state index contributed by atoms with van der Waals surface area (Å²) >= 11 is 0. The van der Waals surface area contributed by atoms with Gasteiger partial charge in [-0.05, 0) is 46.0 Å². The van der Waals surface area contributed by atoms with Gasteiger partial charge in [0.05, 0.1) is 11.7 Å². The molecule has 2 fully saturated rings. The molecule has 1 atom stereocenters. The fraction of sp³-hybridized carbons (Fsp3) is 0.583. The van der Waals surface area contributed by atoms with Crippen LogP contribution in [0.4, 0.5) is 5.82 Å². The van der Waals surface area contributed by atoms with E-state index in [9.17, 15) is 9.90 Å². The van der Waals surface area contributed by atoms with Gasteiger partial charge in [-0.15, -0.1) is 0 Å². The van der Waals surface area contributed by atoms with E-state index < -0.39 is 0 Å². The SMILES string of the molecule is CCn1c(-c2cnc(C)nc2)nc2c(N(C)C3CCN(C(=O)C4CCC(O)CC4)C3)ncnc21. The van der Waals surface area contributed by atoms with Gasteiger partial charge in [-0.2, -0.15) is 0 Å². The number of aromatic nitrogens is 6. The number of hydrogen-bond acceptors (Lipinski definition) is 8. The van der Waals surface area contributed by atoms with E-state index in [-0.39, 0.29) is 24.0 Å². The quantitative estimate of drug-likeness (QED) is 0.611. The lowest BCUT2D eigenvalue weighted by molar-refractivity contribution is -0.136. The van der Waals surface area contributed by atoms with E-state index in [0.717, 1.165) is 67.0 Å². The van der Waals surface area contributed by atoms with Gasteiger partial charge in [0, 0.05) is 51.0 Å². The molecule has 0 spiro atoms. The molecule has 1 aliphatic heterocycles. The summed E-state index contributed by atoms with van der Waals surface area (Å²) in [4.78, 5) is 39.9. The first kappa shape index (κ1) is 22.6. The second-order valence-electron chi connectivity index (χ2n) is 9.41. The van der Waals surface area contributed by atoms with Crippen LogP contribution in [0.5, 0.6) is 0 Å². The van der Waals surface area contributed by atoms with Gasteiger partial charge in [0.25, 0.3) is 0 Å². The van der Waals surface area contributed by atoms with Crippen molar-refractivity contribution < 1.29 is 9.90 Å². The first-order valence-electron chi connectivity index (χ1n) is 12.2. The van der Waals surface area contributed by atoms with Crippen molar-refractivity contribution in [1.29, 1.82) is 0 Å². The first-order valence-corrected chi connectivity index (χ1v) is 12.2. The smallest absolute Gasteiger partial charge is 0.225 e. The van der Waals surface area contributed by atoms with Crippen LogP contribution < -0.4 is 4.90 Å². The highest BCUT2D eigenvalue weighted by Gasteiger charge is 2.35. The molecule has 1 amide bonds. The molecule has 1 N–H and O–H groups in total. The summed E-state index contributed by atoms with van der Waals surface area (Å²) in [6.45, 7) is 6.05. The number of hydrogen-bond donors (Lipinski definition) is 1. The number of amides is 1. The lowest BCUT2D eigenvalue weighted by atomic mass is 9.86. The van der Waals surface area contributed by atoms with Crippen LogP contribution in [-0.2, 0) is 11.3 Å². The summed E-state index contributed by atoms with van der Waals surface area (Å²) in [5.41, 5.74) is 2.37. The first-order chi connectivity index (χ1) is 16.5. The number of nitrogens with zero attached hydrogens (tertiary/aromatic N) is 8. The Balaban J connectivity index is 1.39. The van der Waals surface area contributed by atoms with Crippen molar-refractivity contribution in [1.82, 2.24) is 34.4 Å². The number of likely N-dealkylation sites (tertiary alicyclic amines) is 1. The number of likely N-dealkylation sites (N-methyl/N-ethyl adjacent to an activating group) is 1. The van der Waals surface area contributed by atoms with Gasteiger partial charge in [-0.3, -0.25) is 4.79 Å². The zero-order valence-electron chi connectivity index (χ0n) is 20.1. The fourth-order valence-electron chi connectivity index (χ4n) is 5.22. The molecule has 3 aromatic rings. The minimum Gasteiger partial charge on any atom is -0.393 e. The summed E-state index contributed by atoms with van der Waals surface area (Å²) in [7, 11) is 2.02. The van der Waals surface area contributed by atoms with Crippen LogP contribution in [-0.4, -0.2) is 77.7 Å². The summed E-state index contributed by atoms with van der Waals surface area (Å²) in [5.74, 6) is 2.53. The Hall–Kier alpha value is -3.14. The molecule has 10 heteroatoms. The third kappa shape index (κ3) is 4.11. The number of fused-ring (bicyclic) bond motifs is 1. The number of aliphatic hydroxyl groups is 1. The van der Waals surface area contributed by atoms with Gasteiger partial charge in [0.15, 0.2) is 17.0 Å². The van der Waals surface area contributed by atoms with E-state index in [0.29, 0.717) is 18.9 Å². The third-order valence-electron chi connectivity index (χ3n) is 7.27. The number of imidazole rings is 1. The molecule has 34 heavy (non-hydrogen) atoms. The van der Waals surface area contributed by atoms with Crippen LogP contribution >= 0.6 is 0 Å². The zero-order valence-corrected chi connectivity index (χ0v) is 20.1. The minimum absolute atomic E-state index is 0.0396. The molecule has 0 radical (unpaired) electrons. The molecular formula is C24H32N8O2. The fourth-order valence-corrected chi connectivity index (χ4v) is 5.22. The normalized spacial score (nSPS) is 22.9. The van der Waals surface area contributed by atoms with E-state index in [1.54, 1.807) is 18.7 Å². The van der Waals surface area contributed by atoms with Gasteiger partial charge in [-0.25, -0.2) is 24.9 Å². The van der Waals surface area contributed by atoms with Crippen LogP contribution in [0, 0.1) is 12.8 Å². The highest BCUT2D eigenvalue weighted by Crippen LogP contribution is 2.31. The molecule has 1 unspecified atom stereocenters. The molecule has 0 aromatic carbocycles. The molecule has 10 nitrogen and oxygen atoms in total. The monoisotopic (exact) mass is 464 g/mol. The van der Waals surface area contributed by atoms with Crippen LogP contribution in [0.2, 0.25) is 0 Å². The Morgan fingerprint density at radius 1 is 1.12 bits per heavy atom. The Morgan fingerprint density at radius 3 is 2.56 bits per heavy atom. The number of aryl methyl sites for hydroxylation is 2. The molecule has 2 aliphatic rings. The maximum Gasteiger partial charge on any atom is 0.225 e. The molecule has 3 aromatic heterocycles. The van der Waals surface area contributed by atoms with Crippen LogP contribution in [0.1, 0.15) is 44.9 Å². The van der Waals surface area contributed by atoms with Crippen LogP contribution in [0.15, 0.2) is 18.7 Å². The topological polar surface area (TPSA) is 113 Å². The molecule has 180 valence electrons. The summed E-state index contributed by atoms with van der Waals surface area (Å²) in [5, 5.41) is 9.77. The maximum atomic E-state index is 13.1. The average Bonchev–Trinajstić information content (AvgIpc) is 3.49. The number of carbonyl (C=O) groups is 1. The van der Waals surface area contributed by atoms with Gasteiger partial charge in [0.1, 0.15) is 18.0 Å². The van der Waals surface area contributed by atoms with E-state index in [4.69, 9.17) is 4.98 Å². The Labute approximate surface area is 199 Å². The lowest BCUT2D eigenvalue weighted by Crippen LogP contribution is -2.40. The van der Waals surface area contributed by atoms with Crippen LogP contribution in [0.3, 0.4) is 0 Å². The van der Waals surface area contributed by atoms with Crippen molar-refractivity contribution in [3.63, 3.8) is 0 Å². The summed E-state index contributed by atoms with van der Waals surface area (Å²) in [6.07, 6.45) is 8.81. The standard InChI is InChI=1S/C24H32N8O2/c1-4-32-21(17-11-25-15(2)26-12-17)29-20-22(27-14-28-23(20)32)30(3)18-9-10-31(13-18)24(34)16-5-7-19(33)8-6-16/h11-12,14,16,18-19,33H,4-10,13H2,1-3H3. The number of carbonyl (C=O) groups excluding carboxylic acids is 1. The van der Waals surface area contributed by atoms with Crippen molar-refractivity contribution in [3.05, 3.63) is 24.5 Å². The zero-order chi connectivity index (χ0) is 23.8. The average molecular weight is 465 g/mol. The molecule has 1 aliphatic carbocycles. The largest absolute Gasteiger partial charge is 0.393 e.